The summed E-state index contributed by atoms with van der Waals surface area (Å²) >= 11 is 0. The van der Waals surface area contributed by atoms with E-state index in [9.17, 15) is 9.59 Å². The number of carbonyl (C=O) groups is 1. The normalized spacial score (nSPS) is 17.3. The van der Waals surface area contributed by atoms with Gasteiger partial charge in [-0.1, -0.05) is 6.08 Å². The topological polar surface area (TPSA) is 93.4 Å². The Morgan fingerprint density at radius 3 is 2.83 bits per heavy atom. The highest BCUT2D eigenvalue weighted by Crippen LogP contribution is 2.22. The van der Waals surface area contributed by atoms with E-state index in [0.717, 1.165) is 36.6 Å². The maximum atomic E-state index is 12.3. The van der Waals surface area contributed by atoms with Crippen molar-refractivity contribution in [2.24, 2.45) is 0 Å². The number of nitrogens with zero attached hydrogens (tertiary/aromatic N) is 3. The van der Waals surface area contributed by atoms with Crippen LogP contribution in [0.2, 0.25) is 0 Å². The zero-order chi connectivity index (χ0) is 20.9. The zero-order valence-corrected chi connectivity index (χ0v) is 17.2. The number of anilines is 2. The molecule has 1 amide bonds. The van der Waals surface area contributed by atoms with Gasteiger partial charge in [0.1, 0.15) is 11.5 Å². The summed E-state index contributed by atoms with van der Waals surface area (Å²) in [4.78, 5) is 35.7. The molecule has 0 aliphatic carbocycles. The first-order valence-corrected chi connectivity index (χ1v) is 10.4. The Morgan fingerprint density at radius 2 is 2.07 bits per heavy atom. The molecule has 4 rings (SSSR count). The molecule has 30 heavy (non-hydrogen) atoms. The average Bonchev–Trinajstić information content (AvgIpc) is 3.25. The highest BCUT2D eigenvalue weighted by atomic mass is 16.2. The largest absolute Gasteiger partial charge is 0.374 e. The van der Waals surface area contributed by atoms with Crippen LogP contribution in [-0.4, -0.2) is 71.5 Å². The number of aromatic amines is 1. The molecule has 0 saturated carbocycles. The molecule has 0 spiro atoms. The maximum Gasteiger partial charge on any atom is 0.271 e. The van der Waals surface area contributed by atoms with Crippen molar-refractivity contribution in [3.8, 4) is 11.1 Å². The van der Waals surface area contributed by atoms with E-state index < -0.39 is 0 Å². The van der Waals surface area contributed by atoms with Crippen LogP contribution in [0, 0.1) is 0 Å². The number of hydrogen-bond donors (Lipinski definition) is 3. The molecule has 2 aliphatic heterocycles. The lowest BCUT2D eigenvalue weighted by Crippen LogP contribution is -2.57. The molecular weight excluding hydrogens is 380 g/mol. The van der Waals surface area contributed by atoms with Crippen molar-refractivity contribution in [1.29, 1.82) is 0 Å². The third-order valence-electron chi connectivity index (χ3n) is 5.63. The summed E-state index contributed by atoms with van der Waals surface area (Å²) < 4.78 is 0. The highest BCUT2D eigenvalue weighted by molar-refractivity contribution is 5.88. The molecule has 2 saturated heterocycles. The van der Waals surface area contributed by atoms with E-state index >= 15 is 0 Å². The molecule has 8 heteroatoms. The van der Waals surface area contributed by atoms with Crippen molar-refractivity contribution >= 4 is 17.4 Å². The first-order chi connectivity index (χ1) is 14.6. The molecule has 158 valence electrons. The lowest BCUT2D eigenvalue weighted by atomic mass is 10.1. The third kappa shape index (κ3) is 4.71. The number of nitrogens with one attached hydrogen (secondary N) is 3. The molecule has 2 fully saturated rings. The summed E-state index contributed by atoms with van der Waals surface area (Å²) in [6.45, 7) is 4.27. The Morgan fingerprint density at radius 1 is 1.27 bits per heavy atom. The van der Waals surface area contributed by atoms with Crippen LogP contribution in [0.25, 0.3) is 11.1 Å². The molecule has 2 aromatic heterocycles. The van der Waals surface area contributed by atoms with Crippen LogP contribution >= 0.6 is 0 Å². The lowest BCUT2D eigenvalue weighted by molar-refractivity contribution is -0.129. The second kappa shape index (κ2) is 9.13. The number of rotatable bonds is 7. The molecule has 0 radical (unpaired) electrons. The van der Waals surface area contributed by atoms with Gasteiger partial charge in [-0.15, -0.1) is 0 Å². The van der Waals surface area contributed by atoms with Crippen LogP contribution in [0.1, 0.15) is 12.8 Å². The van der Waals surface area contributed by atoms with Gasteiger partial charge in [0.15, 0.2) is 0 Å². The smallest absolute Gasteiger partial charge is 0.271 e. The Balaban J connectivity index is 1.32. The summed E-state index contributed by atoms with van der Waals surface area (Å²) in [5.41, 5.74) is 2.20. The van der Waals surface area contributed by atoms with E-state index in [2.05, 4.69) is 25.5 Å². The van der Waals surface area contributed by atoms with Crippen LogP contribution < -0.4 is 16.2 Å². The molecule has 2 aliphatic rings. The van der Waals surface area contributed by atoms with Gasteiger partial charge in [0.2, 0.25) is 5.91 Å². The summed E-state index contributed by atoms with van der Waals surface area (Å²) in [6, 6.07) is 5.74. The quantitative estimate of drug-likeness (QED) is 0.605. The third-order valence-corrected chi connectivity index (χ3v) is 5.63. The fraction of sp³-hybridized carbons (Fsp3) is 0.409. The van der Waals surface area contributed by atoms with Gasteiger partial charge in [0.05, 0.1) is 6.04 Å². The first-order valence-electron chi connectivity index (χ1n) is 10.4. The standard InChI is InChI=1S/C22H28N6O2/c1-23-20-12-16(6-7-24-20)17-11-19(22(30)25-13-17)26-18-14-28(15-18)21(29)5-4-10-27-8-2-3-9-27/h4-7,11-13,18,26H,2-3,8-10,14-15H2,1H3,(H,23,24)(H,25,30). The van der Waals surface area contributed by atoms with Crippen LogP contribution in [0.4, 0.5) is 11.5 Å². The fourth-order valence-corrected chi connectivity index (χ4v) is 3.85. The van der Waals surface area contributed by atoms with Crippen molar-refractivity contribution < 1.29 is 4.79 Å². The number of pyridine rings is 2. The predicted octanol–water partition coefficient (Wildman–Crippen LogP) is 1.75. The molecule has 0 aromatic carbocycles. The van der Waals surface area contributed by atoms with E-state index in [-0.39, 0.29) is 17.5 Å². The fourth-order valence-electron chi connectivity index (χ4n) is 3.85. The molecule has 2 aromatic rings. The highest BCUT2D eigenvalue weighted by Gasteiger charge is 2.29. The van der Waals surface area contributed by atoms with E-state index in [1.807, 2.05) is 31.3 Å². The summed E-state index contributed by atoms with van der Waals surface area (Å²) in [7, 11) is 1.82. The number of hydrogen-bond acceptors (Lipinski definition) is 6. The van der Waals surface area contributed by atoms with Gasteiger partial charge in [0.25, 0.3) is 5.56 Å². The second-order valence-electron chi connectivity index (χ2n) is 7.81. The van der Waals surface area contributed by atoms with Crippen LogP contribution in [0.5, 0.6) is 0 Å². The van der Waals surface area contributed by atoms with Crippen LogP contribution in [0.15, 0.2) is 47.5 Å². The summed E-state index contributed by atoms with van der Waals surface area (Å²) in [5, 5.41) is 6.28. The minimum Gasteiger partial charge on any atom is -0.374 e. The van der Waals surface area contributed by atoms with Crippen molar-refractivity contribution in [2.75, 3.05) is 50.4 Å². The van der Waals surface area contributed by atoms with E-state index in [4.69, 9.17) is 0 Å². The van der Waals surface area contributed by atoms with Crippen molar-refractivity contribution in [3.63, 3.8) is 0 Å². The molecule has 8 nitrogen and oxygen atoms in total. The maximum absolute atomic E-state index is 12.3. The van der Waals surface area contributed by atoms with Crippen molar-refractivity contribution in [2.45, 2.75) is 18.9 Å². The number of likely N-dealkylation sites (tertiary alicyclic amines) is 2. The molecule has 4 heterocycles. The minimum atomic E-state index is -0.170. The monoisotopic (exact) mass is 408 g/mol. The summed E-state index contributed by atoms with van der Waals surface area (Å²) in [5.74, 6) is 0.797. The van der Waals surface area contributed by atoms with Gasteiger partial charge < -0.3 is 20.5 Å². The average molecular weight is 409 g/mol. The van der Waals surface area contributed by atoms with Crippen LogP contribution in [-0.2, 0) is 4.79 Å². The van der Waals surface area contributed by atoms with Gasteiger partial charge in [-0.2, -0.15) is 0 Å². The molecule has 0 atom stereocenters. The Hall–Kier alpha value is -3.13. The number of carbonyl (C=O) groups excluding carboxylic acids is 1. The van der Waals surface area contributed by atoms with Gasteiger partial charge in [-0.05, 0) is 49.7 Å². The second-order valence-corrected chi connectivity index (χ2v) is 7.81. The van der Waals surface area contributed by atoms with Crippen LogP contribution in [0.3, 0.4) is 0 Å². The SMILES string of the molecule is CNc1cc(-c2c[nH]c(=O)c(NC3CN(C(=O)C=CCN4CCCC4)C3)c2)ccn1. The van der Waals surface area contributed by atoms with Crippen molar-refractivity contribution in [1.82, 2.24) is 19.8 Å². The Bertz CT molecular complexity index is 974. The molecular formula is C22H28N6O2. The van der Waals surface area contributed by atoms with E-state index in [0.29, 0.717) is 18.8 Å². The molecule has 0 unspecified atom stereocenters. The van der Waals surface area contributed by atoms with Gasteiger partial charge >= 0.3 is 0 Å². The molecule has 0 bridgehead atoms. The number of amides is 1. The minimum absolute atomic E-state index is 0.0336. The Labute approximate surface area is 176 Å². The van der Waals surface area contributed by atoms with E-state index in [1.54, 1.807) is 23.4 Å². The van der Waals surface area contributed by atoms with Gasteiger partial charge in [-0.3, -0.25) is 14.5 Å². The molecule has 3 N–H and O–H groups in total. The summed E-state index contributed by atoms with van der Waals surface area (Å²) in [6.07, 6.45) is 9.55. The lowest BCUT2D eigenvalue weighted by Gasteiger charge is -2.39. The van der Waals surface area contributed by atoms with Gasteiger partial charge in [0, 0.05) is 50.7 Å². The number of H-pyrrole nitrogens is 1. The predicted molar refractivity (Wildman–Crippen MR) is 119 cm³/mol. The van der Waals surface area contributed by atoms with Gasteiger partial charge in [-0.25, -0.2) is 4.98 Å². The zero-order valence-electron chi connectivity index (χ0n) is 17.2. The first kappa shape index (κ1) is 20.2. The van der Waals surface area contributed by atoms with E-state index in [1.165, 1.54) is 12.8 Å². The Kier molecular flexibility index (Phi) is 6.13. The number of aromatic nitrogens is 2. The van der Waals surface area contributed by atoms with Crippen molar-refractivity contribution in [3.05, 3.63) is 53.1 Å².